The van der Waals surface area contributed by atoms with Gasteiger partial charge in [-0.1, -0.05) is 42.5 Å². The number of fused-ring (bicyclic) bond motifs is 3. The molecule has 3 unspecified atom stereocenters. The molecule has 7 nitrogen and oxygen atoms in total. The first-order valence-corrected chi connectivity index (χ1v) is 13.1. The number of esters is 1. The van der Waals surface area contributed by atoms with Crippen LogP contribution in [0.5, 0.6) is 5.75 Å². The molecule has 38 heavy (non-hydrogen) atoms. The summed E-state index contributed by atoms with van der Waals surface area (Å²) in [5.41, 5.74) is 6.04. The Morgan fingerprint density at radius 3 is 2.47 bits per heavy atom. The van der Waals surface area contributed by atoms with Gasteiger partial charge in [-0.2, -0.15) is 0 Å². The van der Waals surface area contributed by atoms with Gasteiger partial charge in [0.25, 0.3) is 0 Å². The summed E-state index contributed by atoms with van der Waals surface area (Å²) in [6, 6.07) is 20.3. The Morgan fingerprint density at radius 1 is 1.00 bits per heavy atom. The Labute approximate surface area is 222 Å². The molecule has 7 heteroatoms. The van der Waals surface area contributed by atoms with E-state index in [0.717, 1.165) is 22.3 Å². The molecular weight excluding hydrogens is 480 g/mol. The molecule has 0 aromatic heterocycles. The predicted octanol–water partition coefficient (Wildman–Crippen LogP) is 5.19. The van der Waals surface area contributed by atoms with Gasteiger partial charge in [0, 0.05) is 37.4 Å². The molecule has 0 saturated carbocycles. The molecule has 196 valence electrons. The van der Waals surface area contributed by atoms with E-state index in [-0.39, 0.29) is 35.4 Å². The van der Waals surface area contributed by atoms with Crippen LogP contribution >= 0.6 is 0 Å². The highest BCUT2D eigenvalue weighted by Gasteiger charge is 2.41. The summed E-state index contributed by atoms with van der Waals surface area (Å²) in [6.45, 7) is 4.14. The SMILES string of the molecule is CCOC(=O)CCC1c2ccccc2-c2ccc(NC(=O)C3C(c4ccc(O)cc4)CCN3C(C)=O)cc21. The Morgan fingerprint density at radius 2 is 1.74 bits per heavy atom. The average Bonchev–Trinajstić information content (AvgIpc) is 3.48. The van der Waals surface area contributed by atoms with Crippen molar-refractivity contribution in [3.63, 3.8) is 0 Å². The van der Waals surface area contributed by atoms with Crippen LogP contribution in [0.4, 0.5) is 5.69 Å². The number of amides is 2. The Kier molecular flexibility index (Phi) is 7.18. The number of anilines is 1. The molecule has 2 N–H and O–H groups in total. The molecule has 1 saturated heterocycles. The van der Waals surface area contributed by atoms with E-state index in [9.17, 15) is 19.5 Å². The van der Waals surface area contributed by atoms with E-state index in [2.05, 4.69) is 17.4 Å². The van der Waals surface area contributed by atoms with Crippen LogP contribution in [0.25, 0.3) is 11.1 Å². The van der Waals surface area contributed by atoms with Crippen LogP contribution in [0.2, 0.25) is 0 Å². The standard InChI is InChI=1S/C31H32N2O5/c1-3-38-29(36)15-14-27-25-7-5-4-6-24(25)26-13-10-21(18-28(26)27)32-31(37)30-23(16-17-33(30)19(2)34)20-8-11-22(35)12-9-20/h4-13,18,23,27,30,35H,3,14-17H2,1-2H3,(H,32,37). The summed E-state index contributed by atoms with van der Waals surface area (Å²) in [5, 5.41) is 12.8. The minimum atomic E-state index is -0.651. The highest BCUT2D eigenvalue weighted by Crippen LogP contribution is 2.47. The van der Waals surface area contributed by atoms with Crippen LogP contribution in [0.15, 0.2) is 66.7 Å². The van der Waals surface area contributed by atoms with Crippen molar-refractivity contribution in [2.75, 3.05) is 18.5 Å². The highest BCUT2D eigenvalue weighted by atomic mass is 16.5. The predicted molar refractivity (Wildman–Crippen MR) is 145 cm³/mol. The number of hydrogen-bond donors (Lipinski definition) is 2. The fourth-order valence-corrected chi connectivity index (χ4v) is 5.95. The third kappa shape index (κ3) is 4.88. The van der Waals surface area contributed by atoms with Gasteiger partial charge in [0.05, 0.1) is 6.61 Å². The fourth-order valence-electron chi connectivity index (χ4n) is 5.95. The van der Waals surface area contributed by atoms with Crippen molar-refractivity contribution < 1.29 is 24.2 Å². The number of ether oxygens (including phenoxy) is 1. The monoisotopic (exact) mass is 512 g/mol. The third-order valence-corrected chi connectivity index (χ3v) is 7.66. The lowest BCUT2D eigenvalue weighted by Crippen LogP contribution is -2.44. The van der Waals surface area contributed by atoms with Crippen molar-refractivity contribution in [1.82, 2.24) is 4.90 Å². The molecule has 1 aliphatic carbocycles. The molecule has 5 rings (SSSR count). The largest absolute Gasteiger partial charge is 0.508 e. The van der Waals surface area contributed by atoms with Gasteiger partial charge in [-0.25, -0.2) is 0 Å². The number of carbonyl (C=O) groups is 3. The van der Waals surface area contributed by atoms with Crippen LogP contribution < -0.4 is 5.32 Å². The van der Waals surface area contributed by atoms with Crippen molar-refractivity contribution in [3.8, 4) is 16.9 Å². The smallest absolute Gasteiger partial charge is 0.305 e. The topological polar surface area (TPSA) is 95.9 Å². The van der Waals surface area contributed by atoms with Gasteiger partial charge in [-0.05, 0) is 71.8 Å². The lowest BCUT2D eigenvalue weighted by molar-refractivity contribution is -0.143. The van der Waals surface area contributed by atoms with Gasteiger partial charge in [-0.15, -0.1) is 0 Å². The average molecular weight is 513 g/mol. The van der Waals surface area contributed by atoms with Crippen molar-refractivity contribution in [2.45, 2.75) is 51.0 Å². The molecule has 0 radical (unpaired) electrons. The summed E-state index contributed by atoms with van der Waals surface area (Å²) < 4.78 is 5.15. The van der Waals surface area contributed by atoms with E-state index in [1.165, 1.54) is 12.5 Å². The van der Waals surface area contributed by atoms with Crippen LogP contribution in [-0.2, 0) is 19.1 Å². The lowest BCUT2D eigenvalue weighted by atomic mass is 9.90. The maximum atomic E-state index is 13.7. The fraction of sp³-hybridized carbons (Fsp3) is 0.323. The first-order chi connectivity index (χ1) is 18.4. The second-order valence-corrected chi connectivity index (χ2v) is 9.92. The van der Waals surface area contributed by atoms with Crippen molar-refractivity contribution in [2.24, 2.45) is 0 Å². The summed E-state index contributed by atoms with van der Waals surface area (Å²) in [6.07, 6.45) is 1.59. The molecule has 0 spiro atoms. The maximum absolute atomic E-state index is 13.7. The number of phenols is 1. The molecule has 1 aliphatic heterocycles. The minimum absolute atomic E-state index is 0.0207. The zero-order valence-electron chi connectivity index (χ0n) is 21.6. The van der Waals surface area contributed by atoms with Crippen LogP contribution in [0.1, 0.15) is 61.6 Å². The van der Waals surface area contributed by atoms with Gasteiger partial charge in [0.2, 0.25) is 11.8 Å². The number of carbonyl (C=O) groups excluding carboxylic acids is 3. The molecule has 2 aliphatic rings. The van der Waals surface area contributed by atoms with Crippen LogP contribution in [0, 0.1) is 0 Å². The maximum Gasteiger partial charge on any atom is 0.305 e. The molecule has 1 heterocycles. The molecule has 1 fully saturated rings. The number of hydrogen-bond acceptors (Lipinski definition) is 5. The third-order valence-electron chi connectivity index (χ3n) is 7.66. The van der Waals surface area contributed by atoms with E-state index in [0.29, 0.717) is 38.1 Å². The number of nitrogens with one attached hydrogen (secondary N) is 1. The number of likely N-dealkylation sites (tertiary alicyclic amines) is 1. The number of phenolic OH excluding ortho intramolecular Hbond substituents is 1. The number of nitrogens with zero attached hydrogens (tertiary/aromatic N) is 1. The quantitative estimate of drug-likeness (QED) is 0.425. The van der Waals surface area contributed by atoms with Crippen LogP contribution in [-0.4, -0.2) is 47.0 Å². The molecule has 3 aromatic carbocycles. The number of benzene rings is 3. The van der Waals surface area contributed by atoms with Gasteiger partial charge >= 0.3 is 5.97 Å². The van der Waals surface area contributed by atoms with Crippen molar-refractivity contribution in [1.29, 1.82) is 0 Å². The van der Waals surface area contributed by atoms with E-state index < -0.39 is 6.04 Å². The summed E-state index contributed by atoms with van der Waals surface area (Å²) in [5.74, 6) is -0.589. The molecule has 0 bridgehead atoms. The molecular formula is C31H32N2O5. The zero-order chi connectivity index (χ0) is 26.8. The Balaban J connectivity index is 1.41. The number of aromatic hydroxyl groups is 1. The van der Waals surface area contributed by atoms with E-state index >= 15 is 0 Å². The first-order valence-electron chi connectivity index (χ1n) is 13.1. The second-order valence-electron chi connectivity index (χ2n) is 9.92. The summed E-state index contributed by atoms with van der Waals surface area (Å²) in [4.78, 5) is 39.8. The van der Waals surface area contributed by atoms with Gasteiger partial charge in [-0.3, -0.25) is 14.4 Å². The lowest BCUT2D eigenvalue weighted by Gasteiger charge is -2.27. The summed E-state index contributed by atoms with van der Waals surface area (Å²) >= 11 is 0. The Bertz CT molecular complexity index is 1370. The van der Waals surface area contributed by atoms with Crippen molar-refractivity contribution >= 4 is 23.5 Å². The molecule has 3 aromatic rings. The number of rotatable bonds is 7. The van der Waals surface area contributed by atoms with Gasteiger partial charge in [0.1, 0.15) is 11.8 Å². The zero-order valence-corrected chi connectivity index (χ0v) is 21.6. The highest BCUT2D eigenvalue weighted by molar-refractivity contribution is 5.98. The van der Waals surface area contributed by atoms with Crippen LogP contribution in [0.3, 0.4) is 0 Å². The van der Waals surface area contributed by atoms with Crippen molar-refractivity contribution in [3.05, 3.63) is 83.4 Å². The van der Waals surface area contributed by atoms with Gasteiger partial charge < -0.3 is 20.1 Å². The minimum Gasteiger partial charge on any atom is -0.508 e. The van der Waals surface area contributed by atoms with E-state index in [4.69, 9.17) is 4.74 Å². The molecule has 2 amide bonds. The first kappa shape index (κ1) is 25.5. The van der Waals surface area contributed by atoms with E-state index in [1.54, 1.807) is 24.0 Å². The second kappa shape index (κ2) is 10.7. The molecule has 3 atom stereocenters. The van der Waals surface area contributed by atoms with E-state index in [1.807, 2.05) is 42.5 Å². The summed E-state index contributed by atoms with van der Waals surface area (Å²) in [7, 11) is 0. The normalized spacial score (nSPS) is 19.5. The Hall–Kier alpha value is -4.13. The van der Waals surface area contributed by atoms with Gasteiger partial charge in [0.15, 0.2) is 0 Å².